The lowest BCUT2D eigenvalue weighted by atomic mass is 10.0. The van der Waals surface area contributed by atoms with E-state index in [9.17, 15) is 0 Å². The van der Waals surface area contributed by atoms with Crippen LogP contribution in [0, 0.1) is 13.1 Å². The van der Waals surface area contributed by atoms with Crippen LogP contribution in [0.5, 0.6) is 0 Å². The highest BCUT2D eigenvalue weighted by Gasteiger charge is 2.23. The summed E-state index contributed by atoms with van der Waals surface area (Å²) in [5.41, 5.74) is 9.31. The number of aromatic nitrogens is 4. The Hall–Kier alpha value is -7.02. The molecule has 0 atom stereocenters. The lowest BCUT2D eigenvalue weighted by molar-refractivity contribution is 1.17. The van der Waals surface area contributed by atoms with Crippen LogP contribution in [0.25, 0.3) is 87.2 Å². The Labute approximate surface area is 276 Å². The standard InChI is InChI=1S/C42H24N6/c1-43-41-42(44-2)46-40(28-21-25-30(26-22-28)48-37-17-9-5-13-33(37)34-14-6-10-18-38(34)48)39(45-41)27-19-23-29(24-20-27)47-35-15-7-3-11-31(35)32-12-4-8-16-36(32)47/h3-26H. The molecule has 0 saturated carbocycles. The first kappa shape index (κ1) is 27.3. The molecule has 0 radical (unpaired) electrons. The second-order valence-electron chi connectivity index (χ2n) is 11.6. The maximum atomic E-state index is 7.72. The van der Waals surface area contributed by atoms with Gasteiger partial charge in [-0.3, -0.25) is 0 Å². The van der Waals surface area contributed by atoms with Crippen molar-refractivity contribution in [1.82, 2.24) is 19.1 Å². The molecule has 0 aliphatic heterocycles. The highest BCUT2D eigenvalue weighted by atomic mass is 15.0. The molecule has 3 aromatic heterocycles. The van der Waals surface area contributed by atoms with Crippen LogP contribution in [0.4, 0.5) is 11.6 Å². The lowest BCUT2D eigenvalue weighted by Crippen LogP contribution is -1.97. The van der Waals surface area contributed by atoms with E-state index in [1.807, 2.05) is 24.3 Å². The van der Waals surface area contributed by atoms with E-state index in [4.69, 9.17) is 23.1 Å². The third-order valence-corrected chi connectivity index (χ3v) is 9.03. The van der Waals surface area contributed by atoms with E-state index >= 15 is 0 Å². The maximum Gasteiger partial charge on any atom is 0.294 e. The third kappa shape index (κ3) is 4.11. The van der Waals surface area contributed by atoms with Crippen LogP contribution in [0.2, 0.25) is 0 Å². The summed E-state index contributed by atoms with van der Waals surface area (Å²) in [4.78, 5) is 16.5. The number of hydrogen-bond acceptors (Lipinski definition) is 2. The average Bonchev–Trinajstić information content (AvgIpc) is 3.68. The molecule has 0 N–H and O–H groups in total. The first-order chi connectivity index (χ1) is 23.7. The number of benzene rings is 6. The van der Waals surface area contributed by atoms with Crippen LogP contribution >= 0.6 is 0 Å². The number of hydrogen-bond donors (Lipinski definition) is 0. The van der Waals surface area contributed by atoms with Crippen LogP contribution in [0.15, 0.2) is 146 Å². The lowest BCUT2D eigenvalue weighted by Gasteiger charge is -2.10. The number of fused-ring (bicyclic) bond motifs is 6. The van der Waals surface area contributed by atoms with E-state index in [2.05, 4.69) is 140 Å². The molecule has 0 saturated heterocycles. The second kappa shape index (κ2) is 10.8. The summed E-state index contributed by atoms with van der Waals surface area (Å²) in [6, 6.07) is 50.1. The molecule has 222 valence electrons. The Balaban J connectivity index is 1.17. The van der Waals surface area contributed by atoms with Crippen LogP contribution in [0.1, 0.15) is 0 Å². The largest absolute Gasteiger partial charge is 0.370 e. The minimum absolute atomic E-state index is 0.00266. The minimum Gasteiger partial charge on any atom is -0.370 e. The fourth-order valence-corrected chi connectivity index (χ4v) is 6.91. The smallest absolute Gasteiger partial charge is 0.294 e. The third-order valence-electron chi connectivity index (χ3n) is 9.03. The van der Waals surface area contributed by atoms with Crippen molar-refractivity contribution in [3.63, 3.8) is 0 Å². The minimum atomic E-state index is -0.00266. The molecule has 0 spiro atoms. The van der Waals surface area contributed by atoms with Gasteiger partial charge in [0.15, 0.2) is 0 Å². The van der Waals surface area contributed by atoms with Crippen molar-refractivity contribution in [3.8, 4) is 33.9 Å². The summed E-state index contributed by atoms with van der Waals surface area (Å²) < 4.78 is 4.53. The van der Waals surface area contributed by atoms with Crippen molar-refractivity contribution in [2.24, 2.45) is 0 Å². The summed E-state index contributed by atoms with van der Waals surface area (Å²) >= 11 is 0. The molecule has 6 heteroatoms. The van der Waals surface area contributed by atoms with Crippen LogP contribution in [-0.4, -0.2) is 19.1 Å². The summed E-state index contributed by atoms with van der Waals surface area (Å²) in [5, 5.41) is 4.80. The van der Waals surface area contributed by atoms with Crippen molar-refractivity contribution in [3.05, 3.63) is 168 Å². The Morgan fingerprint density at radius 2 is 0.667 bits per heavy atom. The van der Waals surface area contributed by atoms with Crippen LogP contribution in [-0.2, 0) is 0 Å². The van der Waals surface area contributed by atoms with Crippen molar-refractivity contribution < 1.29 is 0 Å². The van der Waals surface area contributed by atoms with E-state index in [-0.39, 0.29) is 11.6 Å². The number of rotatable bonds is 4. The predicted molar refractivity (Wildman–Crippen MR) is 194 cm³/mol. The van der Waals surface area contributed by atoms with Crippen molar-refractivity contribution in [1.29, 1.82) is 0 Å². The van der Waals surface area contributed by atoms with Gasteiger partial charge in [0, 0.05) is 44.0 Å². The van der Waals surface area contributed by atoms with E-state index < -0.39 is 0 Å². The molecule has 9 rings (SSSR count). The fourth-order valence-electron chi connectivity index (χ4n) is 6.91. The Morgan fingerprint density at radius 3 is 0.958 bits per heavy atom. The molecule has 48 heavy (non-hydrogen) atoms. The quantitative estimate of drug-likeness (QED) is 0.186. The molecular weight excluding hydrogens is 589 g/mol. The zero-order chi connectivity index (χ0) is 32.2. The van der Waals surface area contributed by atoms with Gasteiger partial charge in [-0.2, -0.15) is 0 Å². The van der Waals surface area contributed by atoms with Gasteiger partial charge in [0.1, 0.15) is 0 Å². The summed E-state index contributed by atoms with van der Waals surface area (Å²) in [6.07, 6.45) is 0. The Bertz CT molecular complexity index is 2490. The molecule has 0 aliphatic carbocycles. The molecule has 0 aliphatic rings. The van der Waals surface area contributed by atoms with Gasteiger partial charge in [0.2, 0.25) is 11.4 Å². The summed E-state index contributed by atoms with van der Waals surface area (Å²) in [6.45, 7) is 15.4. The normalized spacial score (nSPS) is 11.3. The average molecular weight is 613 g/mol. The summed E-state index contributed by atoms with van der Waals surface area (Å²) in [7, 11) is 0. The zero-order valence-electron chi connectivity index (χ0n) is 25.5. The van der Waals surface area contributed by atoms with E-state index in [0.29, 0.717) is 11.4 Å². The highest BCUT2D eigenvalue weighted by molar-refractivity contribution is 6.10. The van der Waals surface area contributed by atoms with Gasteiger partial charge in [-0.25, -0.2) is 0 Å². The van der Waals surface area contributed by atoms with E-state index in [1.165, 1.54) is 21.5 Å². The van der Waals surface area contributed by atoms with Gasteiger partial charge < -0.3 is 18.8 Å². The van der Waals surface area contributed by atoms with Gasteiger partial charge in [-0.05, 0) is 72.8 Å². The number of nitrogens with zero attached hydrogens (tertiary/aromatic N) is 6. The number of para-hydroxylation sites is 4. The zero-order valence-corrected chi connectivity index (χ0v) is 25.5. The molecule has 9 aromatic rings. The molecule has 0 bridgehead atoms. The van der Waals surface area contributed by atoms with Gasteiger partial charge in [-0.1, -0.05) is 85.9 Å². The monoisotopic (exact) mass is 612 g/mol. The van der Waals surface area contributed by atoms with Crippen molar-refractivity contribution >= 4 is 55.2 Å². The molecular formula is C42H24N6. The van der Waals surface area contributed by atoms with E-state index in [1.54, 1.807) is 0 Å². The maximum absolute atomic E-state index is 7.72. The first-order valence-corrected chi connectivity index (χ1v) is 15.6. The molecule has 0 fully saturated rings. The molecule has 6 aromatic carbocycles. The van der Waals surface area contributed by atoms with Gasteiger partial charge in [0.25, 0.3) is 11.6 Å². The Kier molecular flexibility index (Phi) is 6.15. The van der Waals surface area contributed by atoms with Gasteiger partial charge >= 0.3 is 0 Å². The van der Waals surface area contributed by atoms with Crippen molar-refractivity contribution in [2.45, 2.75) is 0 Å². The fraction of sp³-hybridized carbons (Fsp3) is 0. The van der Waals surface area contributed by atoms with Gasteiger partial charge in [-0.15, -0.1) is 9.97 Å². The molecule has 3 heterocycles. The molecule has 0 unspecified atom stereocenters. The summed E-state index contributed by atoms with van der Waals surface area (Å²) in [5.74, 6) is -0.00532. The topological polar surface area (TPSA) is 44.4 Å². The molecule has 0 amide bonds. The van der Waals surface area contributed by atoms with Gasteiger partial charge in [0.05, 0.1) is 22.1 Å². The van der Waals surface area contributed by atoms with Crippen LogP contribution in [0.3, 0.4) is 0 Å². The van der Waals surface area contributed by atoms with Crippen molar-refractivity contribution in [2.75, 3.05) is 0 Å². The van der Waals surface area contributed by atoms with Crippen LogP contribution < -0.4 is 0 Å². The predicted octanol–water partition coefficient (Wildman–Crippen LogP) is 11.1. The Morgan fingerprint density at radius 1 is 0.375 bits per heavy atom. The highest BCUT2D eigenvalue weighted by Crippen LogP contribution is 2.38. The van der Waals surface area contributed by atoms with E-state index in [0.717, 1.165) is 44.6 Å². The molecule has 6 nitrogen and oxygen atoms in total. The second-order valence-corrected chi connectivity index (χ2v) is 11.6. The SMILES string of the molecule is [C-]#[N+]c1nc(-c2ccc(-n3c4ccccc4c4ccccc43)cc2)c(-c2ccc(-n3c4ccccc4c4ccccc43)cc2)nc1[N+]#[C-]. The first-order valence-electron chi connectivity index (χ1n) is 15.6.